The molecule has 1 aromatic carbocycles. The van der Waals surface area contributed by atoms with Gasteiger partial charge in [-0.1, -0.05) is 37.3 Å². The van der Waals surface area contributed by atoms with Crippen LogP contribution in [0.3, 0.4) is 0 Å². The van der Waals surface area contributed by atoms with Crippen LogP contribution in [0.5, 0.6) is 0 Å². The van der Waals surface area contributed by atoms with Gasteiger partial charge in [0.2, 0.25) is 0 Å². The van der Waals surface area contributed by atoms with Crippen molar-refractivity contribution in [3.8, 4) is 0 Å². The van der Waals surface area contributed by atoms with Crippen LogP contribution in [-0.2, 0) is 14.3 Å². The molecule has 0 N–H and O–H groups in total. The Morgan fingerprint density at radius 1 is 1.27 bits per heavy atom. The van der Waals surface area contributed by atoms with E-state index in [-0.39, 0.29) is 6.61 Å². The molecule has 82 valence electrons. The summed E-state index contributed by atoms with van der Waals surface area (Å²) in [7, 11) is -3.52. The summed E-state index contributed by atoms with van der Waals surface area (Å²) in [4.78, 5) is 0. The number of hydrogen-bond donors (Lipinski definition) is 0. The molecule has 0 fully saturated rings. The SMILES string of the molecule is CCCOS(=O)(=O)C=Cc1ccccc1. The summed E-state index contributed by atoms with van der Waals surface area (Å²) in [5.74, 6) is 0. The summed E-state index contributed by atoms with van der Waals surface area (Å²) in [5, 5.41) is 1.08. The highest BCUT2D eigenvalue weighted by atomic mass is 32.2. The Labute approximate surface area is 90.5 Å². The van der Waals surface area contributed by atoms with Gasteiger partial charge in [0.05, 0.1) is 12.0 Å². The Hall–Kier alpha value is -1.13. The van der Waals surface area contributed by atoms with Crippen LogP contribution in [0.2, 0.25) is 0 Å². The third-order valence-electron chi connectivity index (χ3n) is 1.68. The molecule has 0 saturated heterocycles. The van der Waals surface area contributed by atoms with Gasteiger partial charge in [-0.25, -0.2) is 0 Å². The summed E-state index contributed by atoms with van der Waals surface area (Å²) < 4.78 is 27.2. The van der Waals surface area contributed by atoms with E-state index in [2.05, 4.69) is 4.18 Å². The molecule has 0 radical (unpaired) electrons. The molecule has 0 aromatic heterocycles. The Bertz CT molecular complexity index is 407. The monoisotopic (exact) mass is 226 g/mol. The summed E-state index contributed by atoms with van der Waals surface area (Å²) >= 11 is 0. The van der Waals surface area contributed by atoms with Crippen molar-refractivity contribution in [2.45, 2.75) is 13.3 Å². The zero-order chi connectivity index (χ0) is 11.1. The average Bonchev–Trinajstić information content (AvgIpc) is 2.25. The Morgan fingerprint density at radius 2 is 1.93 bits per heavy atom. The van der Waals surface area contributed by atoms with Crippen molar-refractivity contribution in [2.24, 2.45) is 0 Å². The first-order valence-electron chi connectivity index (χ1n) is 4.76. The lowest BCUT2D eigenvalue weighted by atomic mass is 10.2. The maximum Gasteiger partial charge on any atom is 0.290 e. The third-order valence-corrected chi connectivity index (χ3v) is 2.64. The lowest BCUT2D eigenvalue weighted by Gasteiger charge is -1.98. The maximum atomic E-state index is 11.3. The first kappa shape index (κ1) is 11.9. The van der Waals surface area contributed by atoms with Crippen molar-refractivity contribution in [2.75, 3.05) is 6.61 Å². The van der Waals surface area contributed by atoms with Gasteiger partial charge in [0.25, 0.3) is 10.1 Å². The van der Waals surface area contributed by atoms with E-state index >= 15 is 0 Å². The smallest absolute Gasteiger partial charge is 0.267 e. The molecule has 0 aliphatic rings. The zero-order valence-corrected chi connectivity index (χ0v) is 9.41. The van der Waals surface area contributed by atoms with E-state index in [1.54, 1.807) is 0 Å². The molecule has 0 atom stereocenters. The highest BCUT2D eigenvalue weighted by Crippen LogP contribution is 2.04. The normalized spacial score (nSPS) is 12.1. The predicted octanol–water partition coefficient (Wildman–Crippen LogP) is 2.41. The second-order valence-corrected chi connectivity index (χ2v) is 4.52. The van der Waals surface area contributed by atoms with E-state index in [0.29, 0.717) is 6.42 Å². The highest BCUT2D eigenvalue weighted by Gasteiger charge is 2.03. The van der Waals surface area contributed by atoms with Crippen LogP contribution in [0.25, 0.3) is 6.08 Å². The van der Waals surface area contributed by atoms with Gasteiger partial charge in [0.15, 0.2) is 0 Å². The molecule has 0 aliphatic carbocycles. The minimum absolute atomic E-state index is 0.224. The first-order valence-corrected chi connectivity index (χ1v) is 6.24. The summed E-state index contributed by atoms with van der Waals surface area (Å²) in [6.45, 7) is 2.08. The lowest BCUT2D eigenvalue weighted by molar-refractivity contribution is 0.324. The summed E-state index contributed by atoms with van der Waals surface area (Å²) in [6, 6.07) is 9.22. The Kier molecular flexibility index (Phi) is 4.52. The van der Waals surface area contributed by atoms with E-state index < -0.39 is 10.1 Å². The molecule has 1 rings (SSSR count). The highest BCUT2D eigenvalue weighted by molar-refractivity contribution is 7.89. The van der Waals surface area contributed by atoms with Crippen molar-refractivity contribution < 1.29 is 12.6 Å². The molecule has 0 spiro atoms. The van der Waals surface area contributed by atoms with Gasteiger partial charge in [0.1, 0.15) is 0 Å². The largest absolute Gasteiger partial charge is 0.290 e. The van der Waals surface area contributed by atoms with E-state index in [4.69, 9.17) is 0 Å². The lowest BCUT2D eigenvalue weighted by Crippen LogP contribution is -2.02. The summed E-state index contributed by atoms with van der Waals surface area (Å²) in [6.07, 6.45) is 2.20. The molecule has 0 amide bonds. The second-order valence-electron chi connectivity index (χ2n) is 3.03. The number of rotatable bonds is 5. The number of benzene rings is 1. The molecular formula is C11H14O3S. The van der Waals surface area contributed by atoms with Gasteiger partial charge in [-0.15, -0.1) is 0 Å². The number of hydrogen-bond acceptors (Lipinski definition) is 3. The van der Waals surface area contributed by atoms with Crippen molar-refractivity contribution in [1.82, 2.24) is 0 Å². The zero-order valence-electron chi connectivity index (χ0n) is 8.59. The molecule has 15 heavy (non-hydrogen) atoms. The van der Waals surface area contributed by atoms with E-state index in [9.17, 15) is 8.42 Å². The molecule has 0 unspecified atom stereocenters. The fourth-order valence-corrected chi connectivity index (χ4v) is 1.77. The minimum Gasteiger partial charge on any atom is -0.267 e. The van der Waals surface area contributed by atoms with Gasteiger partial charge < -0.3 is 0 Å². The molecule has 4 heteroatoms. The molecule has 0 aliphatic heterocycles. The third kappa shape index (κ3) is 4.76. The van der Waals surface area contributed by atoms with Crippen molar-refractivity contribution in [3.63, 3.8) is 0 Å². The Morgan fingerprint density at radius 3 is 2.53 bits per heavy atom. The first-order chi connectivity index (χ1) is 7.14. The van der Waals surface area contributed by atoms with Crippen LogP contribution in [-0.4, -0.2) is 15.0 Å². The van der Waals surface area contributed by atoms with E-state index in [0.717, 1.165) is 11.0 Å². The summed E-state index contributed by atoms with van der Waals surface area (Å²) in [5.41, 5.74) is 0.834. The quantitative estimate of drug-likeness (QED) is 0.724. The second kappa shape index (κ2) is 5.68. The van der Waals surface area contributed by atoms with Crippen LogP contribution in [0.4, 0.5) is 0 Å². The van der Waals surface area contributed by atoms with Crippen LogP contribution in [0.15, 0.2) is 35.7 Å². The fourth-order valence-electron chi connectivity index (χ4n) is 0.965. The Balaban J connectivity index is 2.65. The molecule has 1 aromatic rings. The van der Waals surface area contributed by atoms with Gasteiger partial charge >= 0.3 is 0 Å². The molecular weight excluding hydrogens is 212 g/mol. The predicted molar refractivity (Wildman–Crippen MR) is 60.6 cm³/mol. The van der Waals surface area contributed by atoms with Gasteiger partial charge in [0, 0.05) is 0 Å². The molecule has 0 heterocycles. The van der Waals surface area contributed by atoms with E-state index in [1.165, 1.54) is 6.08 Å². The van der Waals surface area contributed by atoms with Crippen molar-refractivity contribution in [3.05, 3.63) is 41.3 Å². The van der Waals surface area contributed by atoms with Crippen molar-refractivity contribution in [1.29, 1.82) is 0 Å². The van der Waals surface area contributed by atoms with Gasteiger partial charge in [-0.2, -0.15) is 8.42 Å². The van der Waals surface area contributed by atoms with Crippen LogP contribution < -0.4 is 0 Å². The van der Waals surface area contributed by atoms with Crippen LogP contribution in [0.1, 0.15) is 18.9 Å². The van der Waals surface area contributed by atoms with Gasteiger partial charge in [-0.05, 0) is 18.1 Å². The standard InChI is InChI=1S/C11H14O3S/c1-2-9-14-15(12,13)10-8-11-6-4-3-5-7-11/h3-8,10H,2,9H2,1H3. The topological polar surface area (TPSA) is 43.4 Å². The van der Waals surface area contributed by atoms with Crippen molar-refractivity contribution >= 4 is 16.2 Å². The minimum atomic E-state index is -3.52. The van der Waals surface area contributed by atoms with Gasteiger partial charge in [-0.3, -0.25) is 4.18 Å². The van der Waals surface area contributed by atoms with Crippen LogP contribution in [0, 0.1) is 0 Å². The fraction of sp³-hybridized carbons (Fsp3) is 0.273. The molecule has 3 nitrogen and oxygen atoms in total. The molecule has 0 saturated carbocycles. The maximum absolute atomic E-state index is 11.3. The van der Waals surface area contributed by atoms with E-state index in [1.807, 2.05) is 37.3 Å². The average molecular weight is 226 g/mol. The molecule has 0 bridgehead atoms. The van der Waals surface area contributed by atoms with Crippen LogP contribution >= 0.6 is 0 Å².